The largest absolute Gasteiger partial charge is 0.390 e. The Bertz CT molecular complexity index is 884. The standard InChI is InChI=1S/C22H26N4O2/c27-20-19(25-12-4-1-5-13-25)16-6-2-3-7-17(16)22(20)9-14-26(15-10-22)21(28)18-8-11-23-24-18/h1-4,6-8,11,19-20,27H,5,9-10,12-15H2,(H,23,24)/t19-,20+/m0/s1. The average Bonchev–Trinajstić information content (AvgIpc) is 3.36. The molecule has 0 radical (unpaired) electrons. The summed E-state index contributed by atoms with van der Waals surface area (Å²) >= 11 is 0. The number of H-pyrrole nitrogens is 1. The summed E-state index contributed by atoms with van der Waals surface area (Å²) in [6, 6.07) is 10.3. The van der Waals surface area contributed by atoms with E-state index in [-0.39, 0.29) is 17.4 Å². The number of amides is 1. The number of hydrogen-bond acceptors (Lipinski definition) is 4. The van der Waals surface area contributed by atoms with E-state index < -0.39 is 6.10 Å². The van der Waals surface area contributed by atoms with Crippen molar-refractivity contribution in [3.8, 4) is 0 Å². The maximum Gasteiger partial charge on any atom is 0.271 e. The summed E-state index contributed by atoms with van der Waals surface area (Å²) in [6.07, 6.45) is 8.18. The SMILES string of the molecule is O=C(c1ccn[nH]1)N1CCC2(CC1)c1ccccc1[C@H](N1CC=CCC1)[C@H]2O. The second kappa shape index (κ2) is 6.87. The number of rotatable bonds is 2. The van der Waals surface area contributed by atoms with Crippen molar-refractivity contribution in [2.45, 2.75) is 36.8 Å². The molecule has 6 heteroatoms. The van der Waals surface area contributed by atoms with Gasteiger partial charge in [-0.3, -0.25) is 14.8 Å². The van der Waals surface area contributed by atoms with Gasteiger partial charge in [-0.2, -0.15) is 5.10 Å². The van der Waals surface area contributed by atoms with E-state index in [0.29, 0.717) is 18.8 Å². The molecule has 2 atom stereocenters. The van der Waals surface area contributed by atoms with Gasteiger partial charge in [0.25, 0.3) is 5.91 Å². The van der Waals surface area contributed by atoms with Gasteiger partial charge in [-0.25, -0.2) is 0 Å². The Hall–Kier alpha value is -2.44. The van der Waals surface area contributed by atoms with Gasteiger partial charge in [0.05, 0.1) is 12.1 Å². The molecule has 0 bridgehead atoms. The van der Waals surface area contributed by atoms with Gasteiger partial charge in [0.1, 0.15) is 5.69 Å². The minimum atomic E-state index is -0.444. The monoisotopic (exact) mass is 378 g/mol. The van der Waals surface area contributed by atoms with Crippen LogP contribution < -0.4 is 0 Å². The van der Waals surface area contributed by atoms with E-state index in [4.69, 9.17) is 0 Å². The van der Waals surface area contributed by atoms with Gasteiger partial charge in [0.15, 0.2) is 0 Å². The number of benzene rings is 1. The third-order valence-corrected chi connectivity index (χ3v) is 6.84. The highest BCUT2D eigenvalue weighted by atomic mass is 16.3. The predicted molar refractivity (Wildman–Crippen MR) is 106 cm³/mol. The molecule has 1 aromatic heterocycles. The van der Waals surface area contributed by atoms with Crippen molar-refractivity contribution in [2.75, 3.05) is 26.2 Å². The second-order valence-electron chi connectivity index (χ2n) is 8.15. The molecule has 2 N–H and O–H groups in total. The van der Waals surface area contributed by atoms with Crippen LogP contribution in [0.4, 0.5) is 0 Å². The first kappa shape index (κ1) is 17.6. The number of nitrogens with one attached hydrogen (secondary N) is 1. The summed E-state index contributed by atoms with van der Waals surface area (Å²) in [5.41, 5.74) is 2.79. The summed E-state index contributed by atoms with van der Waals surface area (Å²) in [5.74, 6) is -0.00848. The summed E-state index contributed by atoms with van der Waals surface area (Å²) in [7, 11) is 0. The predicted octanol–water partition coefficient (Wildman–Crippen LogP) is 2.26. The molecule has 3 aliphatic rings. The average molecular weight is 378 g/mol. The molecule has 0 saturated carbocycles. The maximum absolute atomic E-state index is 12.7. The minimum absolute atomic E-state index is 0.00848. The maximum atomic E-state index is 12.7. The second-order valence-corrected chi connectivity index (χ2v) is 8.15. The molecule has 1 amide bonds. The van der Waals surface area contributed by atoms with Gasteiger partial charge in [-0.15, -0.1) is 0 Å². The number of carbonyl (C=O) groups is 1. The van der Waals surface area contributed by atoms with Gasteiger partial charge in [-0.05, 0) is 36.5 Å². The van der Waals surface area contributed by atoms with Gasteiger partial charge in [-0.1, -0.05) is 36.4 Å². The molecule has 1 aromatic carbocycles. The number of piperidine rings is 1. The molecule has 1 aliphatic carbocycles. The van der Waals surface area contributed by atoms with Crippen molar-refractivity contribution in [1.82, 2.24) is 20.0 Å². The van der Waals surface area contributed by atoms with Crippen LogP contribution in [0.5, 0.6) is 0 Å². The van der Waals surface area contributed by atoms with E-state index in [1.807, 2.05) is 4.90 Å². The highest BCUT2D eigenvalue weighted by Crippen LogP contribution is 2.53. The molecule has 2 aromatic rings. The normalized spacial score (nSPS) is 26.5. The van der Waals surface area contributed by atoms with Gasteiger partial charge in [0, 0.05) is 37.8 Å². The van der Waals surface area contributed by atoms with Crippen molar-refractivity contribution in [1.29, 1.82) is 0 Å². The van der Waals surface area contributed by atoms with Gasteiger partial charge >= 0.3 is 0 Å². The van der Waals surface area contributed by atoms with Crippen LogP contribution in [-0.2, 0) is 5.41 Å². The van der Waals surface area contributed by atoms with Crippen molar-refractivity contribution in [3.05, 3.63) is 65.5 Å². The topological polar surface area (TPSA) is 72.5 Å². The zero-order chi connectivity index (χ0) is 19.1. The number of likely N-dealkylation sites (tertiary alicyclic amines) is 1. The van der Waals surface area contributed by atoms with Gasteiger partial charge < -0.3 is 10.0 Å². The zero-order valence-electron chi connectivity index (χ0n) is 15.9. The van der Waals surface area contributed by atoms with Crippen molar-refractivity contribution < 1.29 is 9.90 Å². The zero-order valence-corrected chi connectivity index (χ0v) is 15.9. The minimum Gasteiger partial charge on any atom is -0.390 e. The lowest BCUT2D eigenvalue weighted by atomic mass is 9.72. The lowest BCUT2D eigenvalue weighted by Crippen LogP contribution is -2.51. The molecular weight excluding hydrogens is 352 g/mol. The molecule has 2 aliphatic heterocycles. The summed E-state index contributed by atoms with van der Waals surface area (Å²) < 4.78 is 0. The first-order valence-corrected chi connectivity index (χ1v) is 10.2. The number of aliphatic hydroxyl groups excluding tert-OH is 1. The van der Waals surface area contributed by atoms with Crippen molar-refractivity contribution >= 4 is 5.91 Å². The number of aromatic nitrogens is 2. The molecule has 0 unspecified atom stereocenters. The van der Waals surface area contributed by atoms with Crippen LogP contribution in [0.1, 0.15) is 46.9 Å². The van der Waals surface area contributed by atoms with E-state index in [0.717, 1.165) is 32.4 Å². The molecule has 1 fully saturated rings. The van der Waals surface area contributed by atoms with E-state index in [9.17, 15) is 9.90 Å². The molecule has 1 spiro atoms. The Kier molecular flexibility index (Phi) is 4.33. The third-order valence-electron chi connectivity index (χ3n) is 6.84. The van der Waals surface area contributed by atoms with Crippen LogP contribution in [-0.4, -0.2) is 63.3 Å². The van der Waals surface area contributed by atoms with Crippen LogP contribution in [0.2, 0.25) is 0 Å². The van der Waals surface area contributed by atoms with Crippen LogP contribution in [0, 0.1) is 0 Å². The number of aromatic amines is 1. The van der Waals surface area contributed by atoms with Gasteiger partial charge in [0.2, 0.25) is 0 Å². The quantitative estimate of drug-likeness (QED) is 0.787. The molecule has 1 saturated heterocycles. The molecular formula is C22H26N4O2. The molecule has 5 rings (SSSR count). The number of fused-ring (bicyclic) bond motifs is 2. The molecule has 146 valence electrons. The van der Waals surface area contributed by atoms with E-state index in [1.54, 1.807) is 12.3 Å². The smallest absolute Gasteiger partial charge is 0.271 e. The highest BCUT2D eigenvalue weighted by Gasteiger charge is 2.54. The Morgan fingerprint density at radius 1 is 1.14 bits per heavy atom. The first-order chi connectivity index (χ1) is 13.7. The van der Waals surface area contributed by atoms with Crippen LogP contribution in [0.25, 0.3) is 0 Å². The van der Waals surface area contributed by atoms with E-state index >= 15 is 0 Å². The fourth-order valence-corrected chi connectivity index (χ4v) is 5.37. The molecule has 3 heterocycles. The number of aliphatic hydroxyl groups is 1. The van der Waals surface area contributed by atoms with Crippen LogP contribution in [0.3, 0.4) is 0 Å². The number of hydrogen-bond donors (Lipinski definition) is 2. The lowest BCUT2D eigenvalue weighted by molar-refractivity contribution is -0.0114. The van der Waals surface area contributed by atoms with E-state index in [2.05, 4.69) is 51.5 Å². The summed E-state index contributed by atoms with van der Waals surface area (Å²) in [5, 5.41) is 18.2. The highest BCUT2D eigenvalue weighted by molar-refractivity contribution is 5.92. The summed E-state index contributed by atoms with van der Waals surface area (Å²) in [4.78, 5) is 17.0. The number of carbonyl (C=O) groups excluding carboxylic acids is 1. The van der Waals surface area contributed by atoms with E-state index in [1.165, 1.54) is 11.1 Å². The molecule has 28 heavy (non-hydrogen) atoms. The van der Waals surface area contributed by atoms with Crippen LogP contribution in [0.15, 0.2) is 48.7 Å². The third kappa shape index (κ3) is 2.63. The molecule has 6 nitrogen and oxygen atoms in total. The lowest BCUT2D eigenvalue weighted by Gasteiger charge is -2.44. The van der Waals surface area contributed by atoms with Crippen molar-refractivity contribution in [2.24, 2.45) is 0 Å². The fraction of sp³-hybridized carbons (Fsp3) is 0.455. The Morgan fingerprint density at radius 3 is 2.68 bits per heavy atom. The fourth-order valence-electron chi connectivity index (χ4n) is 5.37. The summed E-state index contributed by atoms with van der Waals surface area (Å²) in [6.45, 7) is 3.16. The van der Waals surface area contributed by atoms with Crippen LogP contribution >= 0.6 is 0 Å². The number of nitrogens with zero attached hydrogens (tertiary/aromatic N) is 3. The Balaban J connectivity index is 1.42. The first-order valence-electron chi connectivity index (χ1n) is 10.2. The Morgan fingerprint density at radius 2 is 1.96 bits per heavy atom. The Labute approximate surface area is 164 Å². The van der Waals surface area contributed by atoms with Crippen molar-refractivity contribution in [3.63, 3.8) is 0 Å².